The van der Waals surface area contributed by atoms with Gasteiger partial charge in [0, 0.05) is 5.57 Å². The van der Waals surface area contributed by atoms with Crippen LogP contribution >= 0.6 is 0 Å². The van der Waals surface area contributed by atoms with Gasteiger partial charge in [0.25, 0.3) is 5.90 Å². The van der Waals surface area contributed by atoms with Crippen molar-refractivity contribution in [3.05, 3.63) is 12.2 Å². The van der Waals surface area contributed by atoms with Crippen molar-refractivity contribution in [2.24, 2.45) is 5.16 Å². The summed E-state index contributed by atoms with van der Waals surface area (Å²) in [5.74, 6) is 0.171. The Hall–Kier alpha value is -0.990. The molecule has 46 valence electrons. The molecule has 0 amide bonds. The molecule has 0 bridgehead atoms. The van der Waals surface area contributed by atoms with Crippen LogP contribution in [0.5, 0.6) is 0 Å². The van der Waals surface area contributed by atoms with Crippen molar-refractivity contribution in [3.8, 4) is 0 Å². The molecule has 0 saturated carbocycles. The lowest BCUT2D eigenvalue weighted by Gasteiger charge is -1.97. The van der Waals surface area contributed by atoms with E-state index in [1.54, 1.807) is 6.92 Å². The molecule has 0 spiro atoms. The first-order chi connectivity index (χ1) is 3.72. The third kappa shape index (κ3) is 1.64. The van der Waals surface area contributed by atoms with Gasteiger partial charge in [0.1, 0.15) is 0 Å². The maximum absolute atomic E-state index is 8.10. The monoisotopic (exact) mass is 115 g/mol. The molecule has 3 nitrogen and oxygen atoms in total. The lowest BCUT2D eigenvalue weighted by molar-refractivity contribution is 0.287. The van der Waals surface area contributed by atoms with Crippen LogP contribution in [0.3, 0.4) is 0 Å². The summed E-state index contributed by atoms with van der Waals surface area (Å²) in [5, 5.41) is 10.9. The minimum Gasteiger partial charge on any atom is -0.479 e. The second-order valence-electron chi connectivity index (χ2n) is 1.39. The maximum Gasteiger partial charge on any atom is 0.252 e. The van der Waals surface area contributed by atoms with Gasteiger partial charge in [0.15, 0.2) is 0 Å². The Balaban J connectivity index is 3.92. The predicted octanol–water partition coefficient (Wildman–Crippen LogP) is 0.997. The van der Waals surface area contributed by atoms with E-state index in [0.29, 0.717) is 5.57 Å². The number of hydrogen-bond donors (Lipinski definition) is 1. The molecule has 0 heterocycles. The molecule has 0 aliphatic heterocycles. The van der Waals surface area contributed by atoms with Gasteiger partial charge >= 0.3 is 0 Å². The lowest BCUT2D eigenvalue weighted by Crippen LogP contribution is -2.00. The Morgan fingerprint density at radius 3 is 2.25 bits per heavy atom. The summed E-state index contributed by atoms with van der Waals surface area (Å²) < 4.78 is 4.56. The summed E-state index contributed by atoms with van der Waals surface area (Å²) in [5.41, 5.74) is 0.606. The molecular weight excluding hydrogens is 106 g/mol. The minimum atomic E-state index is 0.171. The van der Waals surface area contributed by atoms with Crippen molar-refractivity contribution in [1.29, 1.82) is 0 Å². The van der Waals surface area contributed by atoms with Crippen LogP contribution in [-0.2, 0) is 4.74 Å². The number of nitrogens with zero attached hydrogens (tertiary/aromatic N) is 1. The molecule has 0 aromatic heterocycles. The second kappa shape index (κ2) is 3.07. The Morgan fingerprint density at radius 1 is 1.75 bits per heavy atom. The molecule has 0 aromatic carbocycles. The highest BCUT2D eigenvalue weighted by Crippen LogP contribution is 1.91. The van der Waals surface area contributed by atoms with E-state index in [1.807, 2.05) is 0 Å². The summed E-state index contributed by atoms with van der Waals surface area (Å²) in [6.07, 6.45) is 0. The quantitative estimate of drug-likeness (QED) is 0.240. The number of methoxy groups -OCH3 is 1. The van der Waals surface area contributed by atoms with Crippen molar-refractivity contribution in [2.75, 3.05) is 7.11 Å². The van der Waals surface area contributed by atoms with Crippen LogP contribution in [0.25, 0.3) is 0 Å². The fraction of sp³-hybridized carbons (Fsp3) is 0.400. The highest BCUT2D eigenvalue weighted by Gasteiger charge is 1.95. The standard InChI is InChI=1S/C5H9NO2/c1-4(2)5(6-7)8-3/h7H,1H2,2-3H3. The van der Waals surface area contributed by atoms with Crippen molar-refractivity contribution in [2.45, 2.75) is 6.92 Å². The molecule has 0 rings (SSSR count). The van der Waals surface area contributed by atoms with Gasteiger partial charge in [-0.15, -0.1) is 0 Å². The third-order valence-electron chi connectivity index (χ3n) is 0.649. The molecule has 0 aliphatic carbocycles. The van der Waals surface area contributed by atoms with E-state index in [2.05, 4.69) is 16.5 Å². The molecule has 0 unspecified atom stereocenters. The van der Waals surface area contributed by atoms with Gasteiger partial charge in [-0.2, -0.15) is 0 Å². The summed E-state index contributed by atoms with van der Waals surface area (Å²) >= 11 is 0. The normalized spacial score (nSPS) is 11.0. The average Bonchev–Trinajstić information content (AvgIpc) is 1.69. The van der Waals surface area contributed by atoms with Crippen molar-refractivity contribution >= 4 is 5.90 Å². The molecule has 0 aromatic rings. The molecule has 0 atom stereocenters. The van der Waals surface area contributed by atoms with E-state index in [1.165, 1.54) is 7.11 Å². The minimum absolute atomic E-state index is 0.171. The van der Waals surface area contributed by atoms with Crippen molar-refractivity contribution in [3.63, 3.8) is 0 Å². The van der Waals surface area contributed by atoms with E-state index >= 15 is 0 Å². The van der Waals surface area contributed by atoms with Crippen LogP contribution in [0.2, 0.25) is 0 Å². The topological polar surface area (TPSA) is 41.8 Å². The summed E-state index contributed by atoms with van der Waals surface area (Å²) in [4.78, 5) is 0. The Kier molecular flexibility index (Phi) is 2.69. The molecule has 0 fully saturated rings. The summed E-state index contributed by atoms with van der Waals surface area (Å²) in [6, 6.07) is 0. The number of ether oxygens (including phenoxy) is 1. The first kappa shape index (κ1) is 7.01. The fourth-order valence-corrected chi connectivity index (χ4v) is 0.300. The SMILES string of the molecule is C=C(C)C(=NO)OC. The van der Waals surface area contributed by atoms with Crippen LogP contribution in [0, 0.1) is 0 Å². The smallest absolute Gasteiger partial charge is 0.252 e. The molecule has 0 aliphatic rings. The van der Waals surface area contributed by atoms with E-state index in [0.717, 1.165) is 0 Å². The maximum atomic E-state index is 8.10. The fourth-order valence-electron chi connectivity index (χ4n) is 0.300. The van der Waals surface area contributed by atoms with Gasteiger partial charge in [-0.3, -0.25) is 0 Å². The highest BCUT2D eigenvalue weighted by atomic mass is 16.5. The Bertz CT molecular complexity index is 118. The van der Waals surface area contributed by atoms with Gasteiger partial charge < -0.3 is 9.94 Å². The zero-order valence-corrected chi connectivity index (χ0v) is 5.01. The first-order valence-corrected chi connectivity index (χ1v) is 2.14. The molecular formula is C5H9NO2. The third-order valence-corrected chi connectivity index (χ3v) is 0.649. The Labute approximate surface area is 48.3 Å². The van der Waals surface area contributed by atoms with Gasteiger partial charge in [-0.05, 0) is 12.1 Å². The summed E-state index contributed by atoms with van der Waals surface area (Å²) in [6.45, 7) is 5.17. The number of oxime groups is 1. The van der Waals surface area contributed by atoms with Gasteiger partial charge in [0.2, 0.25) is 0 Å². The average molecular weight is 115 g/mol. The molecule has 1 N–H and O–H groups in total. The largest absolute Gasteiger partial charge is 0.479 e. The predicted molar refractivity (Wildman–Crippen MR) is 31.0 cm³/mol. The zero-order chi connectivity index (χ0) is 6.57. The molecule has 0 radical (unpaired) electrons. The Morgan fingerprint density at radius 2 is 2.25 bits per heavy atom. The van der Waals surface area contributed by atoms with Crippen LogP contribution in [-0.4, -0.2) is 18.2 Å². The van der Waals surface area contributed by atoms with Gasteiger partial charge in [-0.1, -0.05) is 6.58 Å². The van der Waals surface area contributed by atoms with Crippen molar-refractivity contribution in [1.82, 2.24) is 0 Å². The van der Waals surface area contributed by atoms with Crippen molar-refractivity contribution < 1.29 is 9.94 Å². The molecule has 0 saturated heterocycles. The van der Waals surface area contributed by atoms with Gasteiger partial charge in [-0.25, -0.2) is 0 Å². The second-order valence-corrected chi connectivity index (χ2v) is 1.39. The van der Waals surface area contributed by atoms with Crippen LogP contribution in [0.4, 0.5) is 0 Å². The van der Waals surface area contributed by atoms with Crippen LogP contribution < -0.4 is 0 Å². The number of hydrogen-bond acceptors (Lipinski definition) is 3. The van der Waals surface area contributed by atoms with E-state index < -0.39 is 0 Å². The molecule has 8 heavy (non-hydrogen) atoms. The van der Waals surface area contributed by atoms with E-state index in [9.17, 15) is 0 Å². The van der Waals surface area contributed by atoms with Crippen LogP contribution in [0.15, 0.2) is 17.3 Å². The highest BCUT2D eigenvalue weighted by molar-refractivity contribution is 5.91. The van der Waals surface area contributed by atoms with Gasteiger partial charge in [0.05, 0.1) is 7.11 Å². The van der Waals surface area contributed by atoms with E-state index in [4.69, 9.17) is 5.21 Å². The summed E-state index contributed by atoms with van der Waals surface area (Å²) in [7, 11) is 1.42. The number of rotatable bonds is 1. The van der Waals surface area contributed by atoms with E-state index in [-0.39, 0.29) is 5.90 Å². The van der Waals surface area contributed by atoms with Crippen LogP contribution in [0.1, 0.15) is 6.92 Å². The zero-order valence-electron chi connectivity index (χ0n) is 5.01. The lowest BCUT2D eigenvalue weighted by atomic mass is 10.4. The molecule has 3 heteroatoms. The first-order valence-electron chi connectivity index (χ1n) is 2.14.